The molecular formula is C18H17ClN2O3. The number of nitrogens with zero attached hydrogens (tertiary/aromatic N) is 2. The number of carbonyl (C=O) groups excluding carboxylic acids is 2. The van der Waals surface area contributed by atoms with Crippen LogP contribution in [0.4, 0.5) is 0 Å². The number of phenols is 1. The predicted octanol–water partition coefficient (Wildman–Crippen LogP) is 2.64. The molecule has 0 bridgehead atoms. The van der Waals surface area contributed by atoms with Crippen molar-refractivity contribution in [1.82, 2.24) is 9.80 Å². The zero-order chi connectivity index (χ0) is 17.1. The zero-order valence-corrected chi connectivity index (χ0v) is 13.7. The zero-order valence-electron chi connectivity index (χ0n) is 13.0. The topological polar surface area (TPSA) is 60.9 Å². The summed E-state index contributed by atoms with van der Waals surface area (Å²) in [4.78, 5) is 28.3. The molecule has 0 atom stereocenters. The average Bonchev–Trinajstić information content (AvgIpc) is 2.61. The normalized spacial score (nSPS) is 14.5. The summed E-state index contributed by atoms with van der Waals surface area (Å²) in [5, 5.41) is 9.92. The third-order valence-electron chi connectivity index (χ3n) is 4.05. The van der Waals surface area contributed by atoms with E-state index in [1.807, 2.05) is 0 Å². The smallest absolute Gasteiger partial charge is 0.255 e. The largest absolute Gasteiger partial charge is 0.508 e. The minimum absolute atomic E-state index is 0.0633. The monoisotopic (exact) mass is 344 g/mol. The van der Waals surface area contributed by atoms with Crippen LogP contribution in [0.1, 0.15) is 20.7 Å². The number of aromatic hydroxyl groups is 1. The van der Waals surface area contributed by atoms with Crippen molar-refractivity contribution in [1.29, 1.82) is 0 Å². The highest BCUT2D eigenvalue weighted by atomic mass is 35.5. The Morgan fingerprint density at radius 3 is 2.12 bits per heavy atom. The maximum atomic E-state index is 12.5. The molecule has 1 heterocycles. The first-order valence-corrected chi connectivity index (χ1v) is 8.06. The van der Waals surface area contributed by atoms with Crippen molar-refractivity contribution in [3.05, 3.63) is 64.7 Å². The summed E-state index contributed by atoms with van der Waals surface area (Å²) in [5.41, 5.74) is 0.924. The second-order valence-electron chi connectivity index (χ2n) is 5.61. The summed E-state index contributed by atoms with van der Waals surface area (Å²) >= 11 is 6.08. The molecule has 0 spiro atoms. The number of hydrogen-bond donors (Lipinski definition) is 1. The Kier molecular flexibility index (Phi) is 4.71. The van der Waals surface area contributed by atoms with E-state index >= 15 is 0 Å². The van der Waals surface area contributed by atoms with Crippen molar-refractivity contribution >= 4 is 23.4 Å². The number of hydrogen-bond acceptors (Lipinski definition) is 3. The van der Waals surface area contributed by atoms with Crippen LogP contribution < -0.4 is 0 Å². The molecule has 6 heteroatoms. The van der Waals surface area contributed by atoms with Gasteiger partial charge < -0.3 is 14.9 Å². The number of rotatable bonds is 2. The maximum Gasteiger partial charge on any atom is 0.255 e. The second-order valence-corrected chi connectivity index (χ2v) is 6.02. The van der Waals surface area contributed by atoms with Crippen LogP contribution in [-0.4, -0.2) is 52.9 Å². The molecule has 1 N–H and O–H groups in total. The summed E-state index contributed by atoms with van der Waals surface area (Å²) in [6.45, 7) is 1.80. The second kappa shape index (κ2) is 6.93. The summed E-state index contributed by atoms with van der Waals surface area (Å²) in [6, 6.07) is 13.2. The lowest BCUT2D eigenvalue weighted by Crippen LogP contribution is -2.50. The number of phenolic OH excluding ortho intramolecular Hbond substituents is 1. The van der Waals surface area contributed by atoms with Gasteiger partial charge in [-0.1, -0.05) is 29.8 Å². The van der Waals surface area contributed by atoms with Crippen LogP contribution in [0.15, 0.2) is 48.5 Å². The Morgan fingerprint density at radius 1 is 0.875 bits per heavy atom. The summed E-state index contributed by atoms with van der Waals surface area (Å²) < 4.78 is 0. The van der Waals surface area contributed by atoms with E-state index in [4.69, 9.17) is 11.6 Å². The highest BCUT2D eigenvalue weighted by Crippen LogP contribution is 2.19. The van der Waals surface area contributed by atoms with Crippen molar-refractivity contribution in [3.8, 4) is 5.75 Å². The third kappa shape index (κ3) is 3.36. The molecular weight excluding hydrogens is 328 g/mol. The van der Waals surface area contributed by atoms with Crippen molar-refractivity contribution in [3.63, 3.8) is 0 Å². The average molecular weight is 345 g/mol. The summed E-state index contributed by atoms with van der Waals surface area (Å²) in [7, 11) is 0. The van der Waals surface area contributed by atoms with Gasteiger partial charge in [-0.2, -0.15) is 0 Å². The SMILES string of the molecule is O=C(c1cccc(O)c1)N1CCN(C(=O)c2ccccc2Cl)CC1. The van der Waals surface area contributed by atoms with Gasteiger partial charge in [0, 0.05) is 31.7 Å². The minimum atomic E-state index is -0.143. The highest BCUT2D eigenvalue weighted by Gasteiger charge is 2.26. The van der Waals surface area contributed by atoms with E-state index in [-0.39, 0.29) is 17.6 Å². The summed E-state index contributed by atoms with van der Waals surface area (Å²) in [5.74, 6) is -0.200. The van der Waals surface area contributed by atoms with Gasteiger partial charge in [0.25, 0.3) is 11.8 Å². The molecule has 1 aliphatic heterocycles. The van der Waals surface area contributed by atoms with Gasteiger partial charge in [0.15, 0.2) is 0 Å². The van der Waals surface area contributed by atoms with E-state index in [9.17, 15) is 14.7 Å². The van der Waals surface area contributed by atoms with Gasteiger partial charge in [-0.25, -0.2) is 0 Å². The molecule has 0 unspecified atom stereocenters. The van der Waals surface area contributed by atoms with Crippen LogP contribution in [0.5, 0.6) is 5.75 Å². The molecule has 5 nitrogen and oxygen atoms in total. The molecule has 0 saturated carbocycles. The molecule has 2 amide bonds. The quantitative estimate of drug-likeness (QED) is 0.911. The lowest BCUT2D eigenvalue weighted by Gasteiger charge is -2.35. The van der Waals surface area contributed by atoms with Gasteiger partial charge in [-0.15, -0.1) is 0 Å². The van der Waals surface area contributed by atoms with Gasteiger partial charge in [-0.3, -0.25) is 9.59 Å². The Hall–Kier alpha value is -2.53. The molecule has 124 valence electrons. The molecule has 2 aromatic rings. The molecule has 3 rings (SSSR count). The predicted molar refractivity (Wildman–Crippen MR) is 91.4 cm³/mol. The third-order valence-corrected chi connectivity index (χ3v) is 4.38. The maximum absolute atomic E-state index is 12.5. The van der Waals surface area contributed by atoms with E-state index in [1.54, 1.807) is 46.2 Å². The van der Waals surface area contributed by atoms with Gasteiger partial charge in [0.2, 0.25) is 0 Å². The van der Waals surface area contributed by atoms with Crippen LogP contribution in [0, 0.1) is 0 Å². The van der Waals surface area contributed by atoms with Crippen molar-refractivity contribution < 1.29 is 14.7 Å². The Bertz CT molecular complexity index is 770. The molecule has 0 aromatic heterocycles. The lowest BCUT2D eigenvalue weighted by atomic mass is 10.1. The van der Waals surface area contributed by atoms with Gasteiger partial charge in [-0.05, 0) is 30.3 Å². The van der Waals surface area contributed by atoms with E-state index < -0.39 is 0 Å². The van der Waals surface area contributed by atoms with E-state index in [2.05, 4.69) is 0 Å². The van der Waals surface area contributed by atoms with Gasteiger partial charge >= 0.3 is 0 Å². The fourth-order valence-corrected chi connectivity index (χ4v) is 2.96. The number of amides is 2. The Balaban J connectivity index is 1.65. The van der Waals surface area contributed by atoms with Crippen molar-refractivity contribution in [2.24, 2.45) is 0 Å². The lowest BCUT2D eigenvalue weighted by molar-refractivity contribution is 0.0535. The molecule has 1 fully saturated rings. The molecule has 24 heavy (non-hydrogen) atoms. The molecule has 0 aliphatic carbocycles. The van der Waals surface area contributed by atoms with E-state index in [0.717, 1.165) is 0 Å². The summed E-state index contributed by atoms with van der Waals surface area (Å²) in [6.07, 6.45) is 0. The molecule has 0 radical (unpaired) electrons. The van der Waals surface area contributed by atoms with Crippen LogP contribution in [0.2, 0.25) is 5.02 Å². The standard InChI is InChI=1S/C18H17ClN2O3/c19-16-7-2-1-6-15(16)18(24)21-10-8-20(9-11-21)17(23)13-4-3-5-14(22)12-13/h1-7,12,22H,8-11H2. The fourth-order valence-electron chi connectivity index (χ4n) is 2.74. The van der Waals surface area contributed by atoms with Gasteiger partial charge in [0.1, 0.15) is 5.75 Å². The van der Waals surface area contributed by atoms with E-state index in [0.29, 0.717) is 42.3 Å². The van der Waals surface area contributed by atoms with Crippen molar-refractivity contribution in [2.45, 2.75) is 0 Å². The first-order valence-electron chi connectivity index (χ1n) is 7.68. The Morgan fingerprint density at radius 2 is 1.50 bits per heavy atom. The van der Waals surface area contributed by atoms with Crippen LogP contribution in [-0.2, 0) is 0 Å². The van der Waals surface area contributed by atoms with Crippen molar-refractivity contribution in [2.75, 3.05) is 26.2 Å². The molecule has 1 saturated heterocycles. The number of carbonyl (C=O) groups is 2. The van der Waals surface area contributed by atoms with Crippen LogP contribution in [0.25, 0.3) is 0 Å². The number of halogens is 1. The number of piperazine rings is 1. The molecule has 1 aliphatic rings. The van der Waals surface area contributed by atoms with E-state index in [1.165, 1.54) is 12.1 Å². The first kappa shape index (κ1) is 16.3. The fraction of sp³-hybridized carbons (Fsp3) is 0.222. The molecule has 2 aromatic carbocycles. The van der Waals surface area contributed by atoms with Gasteiger partial charge in [0.05, 0.1) is 10.6 Å². The minimum Gasteiger partial charge on any atom is -0.508 e. The Labute approximate surface area is 145 Å². The first-order chi connectivity index (χ1) is 11.6. The van der Waals surface area contributed by atoms with Crippen LogP contribution >= 0.6 is 11.6 Å². The number of benzene rings is 2. The highest BCUT2D eigenvalue weighted by molar-refractivity contribution is 6.33. The van der Waals surface area contributed by atoms with Crippen LogP contribution in [0.3, 0.4) is 0 Å².